The normalized spacial score (nSPS) is 12.6. The smallest absolute Gasteiger partial charge is 0.394 e. The number of aromatic nitrogens is 1. The van der Waals surface area contributed by atoms with Gasteiger partial charge in [-0.3, -0.25) is 0 Å². The van der Waals surface area contributed by atoms with Gasteiger partial charge in [0.1, 0.15) is 12.4 Å². The van der Waals surface area contributed by atoms with Crippen molar-refractivity contribution in [1.82, 2.24) is 10.3 Å². The molecule has 0 amide bonds. The summed E-state index contributed by atoms with van der Waals surface area (Å²) in [6.07, 6.45) is 2.98. The fourth-order valence-corrected chi connectivity index (χ4v) is 1.31. The van der Waals surface area contributed by atoms with Crippen LogP contribution in [0.15, 0.2) is 10.7 Å². The van der Waals surface area contributed by atoms with Crippen molar-refractivity contribution in [2.24, 2.45) is 0 Å². The van der Waals surface area contributed by atoms with Crippen LogP contribution in [0.3, 0.4) is 0 Å². The molecule has 0 aliphatic carbocycles. The first-order chi connectivity index (χ1) is 8.26. The molecule has 98 valence electrons. The minimum Gasteiger partial charge on any atom is -0.445 e. The first-order valence-corrected chi connectivity index (χ1v) is 6.15. The molecule has 5 heteroatoms. The maximum Gasteiger partial charge on any atom is 0.394 e. The van der Waals surface area contributed by atoms with E-state index >= 15 is 0 Å². The topological polar surface area (TPSA) is 56.5 Å². The van der Waals surface area contributed by atoms with Crippen LogP contribution in [0.1, 0.15) is 32.9 Å². The lowest BCUT2D eigenvalue weighted by molar-refractivity contribution is 0.0494. The molecule has 1 heterocycles. The van der Waals surface area contributed by atoms with Gasteiger partial charge in [0, 0.05) is 13.2 Å². The number of rotatable bonds is 9. The van der Waals surface area contributed by atoms with Gasteiger partial charge in [-0.15, -0.1) is 0 Å². The average Bonchev–Trinajstić information content (AvgIpc) is 2.74. The van der Waals surface area contributed by atoms with Gasteiger partial charge in [-0.25, -0.2) is 0 Å². The van der Waals surface area contributed by atoms with Crippen LogP contribution in [-0.2, 0) is 11.3 Å². The Labute approximate surface area is 103 Å². The van der Waals surface area contributed by atoms with E-state index in [1.165, 1.54) is 0 Å². The van der Waals surface area contributed by atoms with Crippen LogP contribution in [0.5, 0.6) is 6.08 Å². The minimum atomic E-state index is -0.0509. The molecule has 1 atom stereocenters. The van der Waals surface area contributed by atoms with Crippen LogP contribution in [0.25, 0.3) is 0 Å². The highest BCUT2D eigenvalue weighted by Crippen LogP contribution is 2.12. The van der Waals surface area contributed by atoms with Crippen LogP contribution < -0.4 is 10.1 Å². The molecule has 0 bridgehead atoms. The Kier molecular flexibility index (Phi) is 6.65. The Morgan fingerprint density at radius 1 is 1.47 bits per heavy atom. The molecule has 1 N–H and O–H groups in total. The molecule has 0 saturated carbocycles. The molecule has 1 unspecified atom stereocenters. The van der Waals surface area contributed by atoms with Gasteiger partial charge in [0.25, 0.3) is 0 Å². The highest BCUT2D eigenvalue weighted by atomic mass is 16.6. The molecule has 1 aromatic heterocycles. The lowest BCUT2D eigenvalue weighted by atomic mass is 10.4. The van der Waals surface area contributed by atoms with Crippen molar-refractivity contribution in [3.8, 4) is 6.08 Å². The van der Waals surface area contributed by atoms with E-state index in [1.54, 1.807) is 6.26 Å². The first kappa shape index (κ1) is 14.0. The molecular formula is C12H22N2O3. The van der Waals surface area contributed by atoms with E-state index < -0.39 is 0 Å². The monoisotopic (exact) mass is 242 g/mol. The van der Waals surface area contributed by atoms with Crippen LogP contribution in [0.2, 0.25) is 0 Å². The predicted octanol–water partition coefficient (Wildman–Crippen LogP) is 1.98. The summed E-state index contributed by atoms with van der Waals surface area (Å²) in [7, 11) is 0. The molecule has 5 nitrogen and oxygen atoms in total. The van der Waals surface area contributed by atoms with Crippen molar-refractivity contribution < 1.29 is 13.9 Å². The number of ether oxygens (including phenoxy) is 2. The average molecular weight is 242 g/mol. The number of hydrogen-bond donors (Lipinski definition) is 1. The molecule has 1 aromatic rings. The summed E-state index contributed by atoms with van der Waals surface area (Å²) in [5.74, 6) is 0. The fraction of sp³-hybridized carbons (Fsp3) is 0.750. The summed E-state index contributed by atoms with van der Waals surface area (Å²) >= 11 is 0. The van der Waals surface area contributed by atoms with Gasteiger partial charge in [-0.05, 0) is 26.8 Å². The number of oxazole rings is 1. The van der Waals surface area contributed by atoms with Crippen molar-refractivity contribution in [3.63, 3.8) is 0 Å². The third-order valence-corrected chi connectivity index (χ3v) is 2.12. The molecule has 0 radical (unpaired) electrons. The fourth-order valence-electron chi connectivity index (χ4n) is 1.31. The maximum absolute atomic E-state index is 5.47. The Balaban J connectivity index is 2.29. The van der Waals surface area contributed by atoms with Crippen LogP contribution >= 0.6 is 0 Å². The van der Waals surface area contributed by atoms with Crippen LogP contribution in [0.4, 0.5) is 0 Å². The second-order valence-electron chi connectivity index (χ2n) is 3.87. The van der Waals surface area contributed by atoms with E-state index in [0.29, 0.717) is 25.8 Å². The third kappa shape index (κ3) is 5.70. The Morgan fingerprint density at radius 3 is 3.00 bits per heavy atom. The van der Waals surface area contributed by atoms with E-state index in [9.17, 15) is 0 Å². The minimum absolute atomic E-state index is 0.0509. The van der Waals surface area contributed by atoms with Gasteiger partial charge in [0.05, 0.1) is 12.3 Å². The summed E-state index contributed by atoms with van der Waals surface area (Å²) in [6, 6.07) is 0. The van der Waals surface area contributed by atoms with Crippen molar-refractivity contribution in [3.05, 3.63) is 12.0 Å². The molecule has 0 fully saturated rings. The zero-order chi connectivity index (χ0) is 12.5. The second-order valence-corrected chi connectivity index (χ2v) is 3.87. The summed E-state index contributed by atoms with van der Waals surface area (Å²) in [6.45, 7) is 8.92. The van der Waals surface area contributed by atoms with Gasteiger partial charge >= 0.3 is 6.08 Å². The molecular weight excluding hydrogens is 220 g/mol. The molecule has 17 heavy (non-hydrogen) atoms. The zero-order valence-electron chi connectivity index (χ0n) is 10.9. The number of nitrogens with zero attached hydrogens (tertiary/aromatic N) is 1. The molecule has 0 aliphatic heterocycles. The van der Waals surface area contributed by atoms with E-state index in [-0.39, 0.29) is 6.10 Å². The highest BCUT2D eigenvalue weighted by molar-refractivity contribution is 4.99. The van der Waals surface area contributed by atoms with Crippen molar-refractivity contribution in [2.45, 2.75) is 39.8 Å². The van der Waals surface area contributed by atoms with Crippen LogP contribution in [-0.4, -0.2) is 30.8 Å². The lowest BCUT2D eigenvalue weighted by Gasteiger charge is -2.10. The van der Waals surface area contributed by atoms with Gasteiger partial charge in [0.15, 0.2) is 0 Å². The Bertz CT molecular complexity index is 302. The highest BCUT2D eigenvalue weighted by Gasteiger charge is 2.09. The lowest BCUT2D eigenvalue weighted by Crippen LogP contribution is -2.19. The first-order valence-electron chi connectivity index (χ1n) is 6.15. The van der Waals surface area contributed by atoms with Gasteiger partial charge < -0.3 is 19.2 Å². The largest absolute Gasteiger partial charge is 0.445 e. The molecule has 1 rings (SSSR count). The number of hydrogen-bond acceptors (Lipinski definition) is 5. The second kappa shape index (κ2) is 8.08. The van der Waals surface area contributed by atoms with Crippen LogP contribution in [0, 0.1) is 0 Å². The maximum atomic E-state index is 5.47. The predicted molar refractivity (Wildman–Crippen MR) is 65.1 cm³/mol. The van der Waals surface area contributed by atoms with E-state index in [1.807, 2.05) is 13.8 Å². The summed E-state index contributed by atoms with van der Waals surface area (Å²) in [5.41, 5.74) is 0.858. The zero-order valence-corrected chi connectivity index (χ0v) is 10.9. The van der Waals surface area contributed by atoms with E-state index in [2.05, 4.69) is 17.2 Å². The quantitative estimate of drug-likeness (QED) is 0.671. The molecule has 0 aliphatic rings. The van der Waals surface area contributed by atoms with E-state index in [0.717, 1.165) is 18.7 Å². The Morgan fingerprint density at radius 2 is 2.29 bits per heavy atom. The van der Waals surface area contributed by atoms with Crippen molar-refractivity contribution in [1.29, 1.82) is 0 Å². The van der Waals surface area contributed by atoms with E-state index in [4.69, 9.17) is 13.9 Å². The molecule has 0 saturated heterocycles. The third-order valence-electron chi connectivity index (χ3n) is 2.12. The molecule has 0 aromatic carbocycles. The molecule has 0 spiro atoms. The van der Waals surface area contributed by atoms with Gasteiger partial charge in [-0.2, -0.15) is 4.98 Å². The number of nitrogens with one attached hydrogen (secondary N) is 1. The summed E-state index contributed by atoms with van der Waals surface area (Å²) in [5, 5.41) is 3.25. The van der Waals surface area contributed by atoms with Gasteiger partial charge in [0.2, 0.25) is 0 Å². The summed E-state index contributed by atoms with van der Waals surface area (Å²) < 4.78 is 15.9. The summed E-state index contributed by atoms with van der Waals surface area (Å²) in [4.78, 5) is 4.22. The SMILES string of the molecule is CCCNCc1coc(OC(C)COCC)n1. The Hall–Kier alpha value is -1.07. The standard InChI is InChI=1S/C12H22N2O3/c1-4-6-13-7-11-9-16-12(14-11)17-10(3)8-15-5-2/h9-10,13H,4-8H2,1-3H3. The van der Waals surface area contributed by atoms with Crippen molar-refractivity contribution in [2.75, 3.05) is 19.8 Å². The van der Waals surface area contributed by atoms with Gasteiger partial charge in [-0.1, -0.05) is 6.92 Å². The van der Waals surface area contributed by atoms with Crippen molar-refractivity contribution >= 4 is 0 Å².